The van der Waals surface area contributed by atoms with Crippen LogP contribution in [0.2, 0.25) is 0 Å². The number of Topliss-reactive ketones (excluding diaryl/α,β-unsaturated/α-hetero) is 1. The summed E-state index contributed by atoms with van der Waals surface area (Å²) in [6.07, 6.45) is 2.74. The second-order valence-electron chi connectivity index (χ2n) is 8.96. The summed E-state index contributed by atoms with van der Waals surface area (Å²) in [4.78, 5) is 13.1. The van der Waals surface area contributed by atoms with Gasteiger partial charge < -0.3 is 0 Å². The summed E-state index contributed by atoms with van der Waals surface area (Å²) >= 11 is 0. The Morgan fingerprint density at radius 3 is 2.59 bits per heavy atom. The van der Waals surface area contributed by atoms with Crippen LogP contribution in [0.15, 0.2) is 30.3 Å². The van der Waals surface area contributed by atoms with Crippen molar-refractivity contribution in [2.75, 3.05) is 12.3 Å². The fraction of sp³-hybridized carbons (Fsp3) is 0.545. The summed E-state index contributed by atoms with van der Waals surface area (Å²) in [5.41, 5.74) is 3.27. The van der Waals surface area contributed by atoms with Crippen molar-refractivity contribution in [3.63, 3.8) is 0 Å². The van der Waals surface area contributed by atoms with Crippen molar-refractivity contribution in [1.82, 2.24) is 14.1 Å². The number of aromatic nitrogens is 2. The predicted octanol–water partition coefficient (Wildman–Crippen LogP) is 3.57. The lowest BCUT2D eigenvalue weighted by molar-refractivity contribution is 0.0908. The van der Waals surface area contributed by atoms with Crippen LogP contribution in [0.5, 0.6) is 0 Å². The number of nitrogens with zero attached hydrogens (tertiary/aromatic N) is 3. The average molecular weight is 416 g/mol. The Kier molecular flexibility index (Phi) is 5.15. The Morgan fingerprint density at radius 1 is 1.17 bits per heavy atom. The van der Waals surface area contributed by atoms with Gasteiger partial charge in [0.25, 0.3) is 0 Å². The van der Waals surface area contributed by atoms with Gasteiger partial charge >= 0.3 is 0 Å². The molecule has 0 amide bonds. The molecule has 1 saturated heterocycles. The third-order valence-corrected chi connectivity index (χ3v) is 7.95. The quantitative estimate of drug-likeness (QED) is 0.748. The number of sulfonamides is 1. The summed E-state index contributed by atoms with van der Waals surface area (Å²) in [7, 11) is -3.34. The molecule has 6 nitrogen and oxygen atoms in total. The second-order valence-corrected chi connectivity index (χ2v) is 11.2. The minimum Gasteiger partial charge on any atom is -0.294 e. The molecule has 1 atom stereocenters. The molecule has 2 aliphatic rings. The van der Waals surface area contributed by atoms with Gasteiger partial charge in [0.1, 0.15) is 0 Å². The van der Waals surface area contributed by atoms with Crippen molar-refractivity contribution in [2.45, 2.75) is 59.0 Å². The molecule has 1 aliphatic heterocycles. The van der Waals surface area contributed by atoms with Gasteiger partial charge in [0.2, 0.25) is 10.0 Å². The molecule has 1 fully saturated rings. The fourth-order valence-electron chi connectivity index (χ4n) is 4.67. The molecule has 0 N–H and O–H groups in total. The average Bonchev–Trinajstić information content (AvgIpc) is 3.27. The van der Waals surface area contributed by atoms with Crippen molar-refractivity contribution < 1.29 is 13.2 Å². The number of ketones is 1. The molecule has 1 aromatic carbocycles. The van der Waals surface area contributed by atoms with Crippen LogP contribution in [0.3, 0.4) is 0 Å². The van der Waals surface area contributed by atoms with Gasteiger partial charge in [0, 0.05) is 13.0 Å². The first-order chi connectivity index (χ1) is 13.7. The van der Waals surface area contributed by atoms with Crippen LogP contribution in [0.1, 0.15) is 73.4 Å². The molecule has 0 bridgehead atoms. The Balaban J connectivity index is 1.82. The number of benzene rings is 1. The normalized spacial score (nSPS) is 22.0. The maximum atomic E-state index is 13.1. The van der Waals surface area contributed by atoms with Crippen molar-refractivity contribution in [1.29, 1.82) is 0 Å². The maximum Gasteiger partial charge on any atom is 0.214 e. The highest BCUT2D eigenvalue weighted by Gasteiger charge is 2.42. The molecule has 2 heterocycles. The zero-order valence-corrected chi connectivity index (χ0v) is 18.2. The molecule has 4 rings (SSSR count). The van der Waals surface area contributed by atoms with Gasteiger partial charge in [0.05, 0.1) is 35.3 Å². The molecule has 1 aromatic heterocycles. The Morgan fingerprint density at radius 2 is 1.90 bits per heavy atom. The third-order valence-electron chi connectivity index (χ3n) is 6.07. The molecule has 7 heteroatoms. The van der Waals surface area contributed by atoms with E-state index in [1.807, 2.05) is 35.0 Å². The Hall–Kier alpha value is -1.99. The van der Waals surface area contributed by atoms with E-state index in [-0.39, 0.29) is 23.0 Å². The van der Waals surface area contributed by atoms with Crippen molar-refractivity contribution in [3.8, 4) is 0 Å². The highest BCUT2D eigenvalue weighted by molar-refractivity contribution is 7.89. The van der Waals surface area contributed by atoms with Crippen LogP contribution < -0.4 is 0 Å². The lowest BCUT2D eigenvalue weighted by Gasteiger charge is -2.30. The number of rotatable bonds is 5. The van der Waals surface area contributed by atoms with Crippen LogP contribution in [0.4, 0.5) is 0 Å². The SMILES string of the molecule is CCS(=O)(=O)N1CCC[C@H]1c1nn(Cc2ccccc2)c2c1C(=O)CC(C)(C)C2. The molecule has 0 spiro atoms. The molecular weight excluding hydrogens is 386 g/mol. The number of hydrogen-bond donors (Lipinski definition) is 0. The van der Waals surface area contributed by atoms with Gasteiger partial charge in [-0.2, -0.15) is 9.40 Å². The van der Waals surface area contributed by atoms with Crippen LogP contribution in [0.25, 0.3) is 0 Å². The Labute approximate surface area is 173 Å². The summed E-state index contributed by atoms with van der Waals surface area (Å²) < 4.78 is 28.8. The first-order valence-corrected chi connectivity index (χ1v) is 12.0. The van der Waals surface area contributed by atoms with E-state index in [0.717, 1.165) is 24.1 Å². The summed E-state index contributed by atoms with van der Waals surface area (Å²) in [6, 6.07) is 9.73. The monoisotopic (exact) mass is 415 g/mol. The lowest BCUT2D eigenvalue weighted by Crippen LogP contribution is -2.33. The topological polar surface area (TPSA) is 72.3 Å². The van der Waals surface area contributed by atoms with Crippen LogP contribution >= 0.6 is 0 Å². The molecule has 0 unspecified atom stereocenters. The van der Waals surface area contributed by atoms with Crippen LogP contribution in [-0.4, -0.2) is 40.6 Å². The van der Waals surface area contributed by atoms with Gasteiger partial charge in [-0.25, -0.2) is 8.42 Å². The zero-order chi connectivity index (χ0) is 20.8. The standard InChI is InChI=1S/C22H29N3O3S/c1-4-29(27,28)25-12-8-11-17(25)21-20-18(13-22(2,3)14-19(20)26)24(23-21)15-16-9-6-5-7-10-16/h5-7,9-10,17H,4,8,11-15H2,1-3H3/t17-/m0/s1. The smallest absolute Gasteiger partial charge is 0.214 e. The van der Waals surface area contributed by atoms with Gasteiger partial charge in [-0.15, -0.1) is 0 Å². The van der Waals surface area contributed by atoms with Crippen molar-refractivity contribution >= 4 is 15.8 Å². The number of hydrogen-bond acceptors (Lipinski definition) is 4. The van der Waals surface area contributed by atoms with E-state index in [4.69, 9.17) is 5.10 Å². The molecule has 0 saturated carbocycles. The first-order valence-electron chi connectivity index (χ1n) is 10.4. The molecule has 29 heavy (non-hydrogen) atoms. The number of carbonyl (C=O) groups excluding carboxylic acids is 1. The Bertz CT molecular complexity index is 1030. The minimum atomic E-state index is -3.34. The van der Waals surface area contributed by atoms with Crippen molar-refractivity contribution in [3.05, 3.63) is 52.8 Å². The molecular formula is C22H29N3O3S. The van der Waals surface area contributed by atoms with E-state index >= 15 is 0 Å². The van der Waals surface area contributed by atoms with Gasteiger partial charge in [-0.1, -0.05) is 44.2 Å². The molecule has 156 valence electrons. The van der Waals surface area contributed by atoms with Gasteiger partial charge in [-0.3, -0.25) is 9.48 Å². The third kappa shape index (κ3) is 3.78. The molecule has 1 aliphatic carbocycles. The van der Waals surface area contributed by atoms with Gasteiger partial charge in [-0.05, 0) is 37.2 Å². The highest BCUT2D eigenvalue weighted by Crippen LogP contribution is 2.42. The first kappa shape index (κ1) is 20.3. The van der Waals surface area contributed by atoms with Gasteiger partial charge in [0.15, 0.2) is 5.78 Å². The highest BCUT2D eigenvalue weighted by atomic mass is 32.2. The zero-order valence-electron chi connectivity index (χ0n) is 17.4. The largest absolute Gasteiger partial charge is 0.294 e. The van der Waals surface area contributed by atoms with E-state index in [2.05, 4.69) is 13.8 Å². The molecule has 0 radical (unpaired) electrons. The van der Waals surface area contributed by atoms with Crippen LogP contribution in [0, 0.1) is 5.41 Å². The number of carbonyl (C=O) groups is 1. The van der Waals surface area contributed by atoms with E-state index in [1.54, 1.807) is 11.2 Å². The molecule has 2 aromatic rings. The maximum absolute atomic E-state index is 13.1. The number of fused-ring (bicyclic) bond motifs is 1. The summed E-state index contributed by atoms with van der Waals surface area (Å²) in [5, 5.41) is 4.87. The second kappa shape index (κ2) is 7.36. The van der Waals surface area contributed by atoms with Crippen LogP contribution in [-0.2, 0) is 23.0 Å². The van der Waals surface area contributed by atoms with E-state index in [9.17, 15) is 13.2 Å². The minimum absolute atomic E-state index is 0.0669. The van der Waals surface area contributed by atoms with E-state index in [0.29, 0.717) is 37.2 Å². The summed E-state index contributed by atoms with van der Waals surface area (Å²) in [6.45, 7) is 6.97. The summed E-state index contributed by atoms with van der Waals surface area (Å²) in [5.74, 6) is 0.156. The van der Waals surface area contributed by atoms with E-state index in [1.165, 1.54) is 0 Å². The van der Waals surface area contributed by atoms with E-state index < -0.39 is 10.0 Å². The predicted molar refractivity (Wildman–Crippen MR) is 112 cm³/mol. The van der Waals surface area contributed by atoms with Crippen molar-refractivity contribution in [2.24, 2.45) is 5.41 Å². The lowest BCUT2D eigenvalue weighted by atomic mass is 9.75. The fourth-order valence-corrected chi connectivity index (χ4v) is 6.00.